The standard InChI is InChI=1S/C7H10F2N4O2S/c8-4-3-5(9)7(13-6(4)10)12-1-2-16(11,14)15/h3H,1-2H2,(H3,10,12,13)(H2,11,14,15). The van der Waals surface area contributed by atoms with Crippen LogP contribution in [-0.4, -0.2) is 25.7 Å². The van der Waals surface area contributed by atoms with E-state index in [1.807, 2.05) is 0 Å². The molecule has 0 aliphatic carbocycles. The number of nitrogens with one attached hydrogen (secondary N) is 1. The van der Waals surface area contributed by atoms with Crippen molar-refractivity contribution in [1.29, 1.82) is 0 Å². The zero-order chi connectivity index (χ0) is 12.3. The van der Waals surface area contributed by atoms with E-state index in [2.05, 4.69) is 10.3 Å². The number of aromatic nitrogens is 1. The fourth-order valence-electron chi connectivity index (χ4n) is 0.916. The van der Waals surface area contributed by atoms with Crippen LogP contribution in [-0.2, 0) is 10.0 Å². The van der Waals surface area contributed by atoms with Crippen LogP contribution < -0.4 is 16.2 Å². The van der Waals surface area contributed by atoms with Crippen LogP contribution in [0.2, 0.25) is 0 Å². The maximum absolute atomic E-state index is 13.0. The minimum Gasteiger partial charge on any atom is -0.381 e. The van der Waals surface area contributed by atoms with Crippen LogP contribution in [0.1, 0.15) is 0 Å². The van der Waals surface area contributed by atoms with Crippen molar-refractivity contribution in [2.24, 2.45) is 5.14 Å². The Morgan fingerprint density at radius 3 is 2.56 bits per heavy atom. The van der Waals surface area contributed by atoms with Crippen molar-refractivity contribution in [2.75, 3.05) is 23.3 Å². The second-order valence-corrected chi connectivity index (χ2v) is 4.71. The van der Waals surface area contributed by atoms with Gasteiger partial charge in [0.05, 0.1) is 5.75 Å². The number of nitrogens with zero attached hydrogens (tertiary/aromatic N) is 1. The number of nitrogens with two attached hydrogens (primary N) is 2. The quantitative estimate of drug-likeness (QED) is 0.677. The molecular formula is C7H10F2N4O2S. The highest BCUT2D eigenvalue weighted by Gasteiger charge is 2.10. The lowest BCUT2D eigenvalue weighted by atomic mass is 10.4. The lowest BCUT2D eigenvalue weighted by Gasteiger charge is -2.06. The zero-order valence-corrected chi connectivity index (χ0v) is 8.89. The first-order valence-electron chi connectivity index (χ1n) is 4.15. The second-order valence-electron chi connectivity index (χ2n) is 2.98. The molecule has 6 nitrogen and oxygen atoms in total. The highest BCUT2D eigenvalue weighted by atomic mass is 32.2. The largest absolute Gasteiger partial charge is 0.381 e. The molecule has 0 amide bonds. The fraction of sp³-hybridized carbons (Fsp3) is 0.286. The molecule has 0 radical (unpaired) electrons. The van der Waals surface area contributed by atoms with E-state index in [4.69, 9.17) is 10.9 Å². The van der Waals surface area contributed by atoms with Crippen molar-refractivity contribution in [3.63, 3.8) is 0 Å². The average molecular weight is 252 g/mol. The topological polar surface area (TPSA) is 111 Å². The van der Waals surface area contributed by atoms with Gasteiger partial charge in [-0.05, 0) is 0 Å². The summed E-state index contributed by atoms with van der Waals surface area (Å²) >= 11 is 0. The number of rotatable bonds is 4. The van der Waals surface area contributed by atoms with Crippen LogP contribution in [0.25, 0.3) is 0 Å². The number of sulfonamides is 1. The van der Waals surface area contributed by atoms with Gasteiger partial charge < -0.3 is 11.1 Å². The third-order valence-electron chi connectivity index (χ3n) is 1.64. The molecule has 1 rings (SSSR count). The molecule has 90 valence electrons. The predicted molar refractivity (Wildman–Crippen MR) is 55.0 cm³/mol. The molecule has 0 fully saturated rings. The van der Waals surface area contributed by atoms with E-state index in [0.717, 1.165) is 0 Å². The van der Waals surface area contributed by atoms with Crippen molar-refractivity contribution in [1.82, 2.24) is 4.98 Å². The van der Waals surface area contributed by atoms with E-state index in [1.54, 1.807) is 0 Å². The lowest BCUT2D eigenvalue weighted by molar-refractivity contribution is 0.579. The van der Waals surface area contributed by atoms with Crippen molar-refractivity contribution in [3.05, 3.63) is 17.7 Å². The minimum atomic E-state index is -3.64. The van der Waals surface area contributed by atoms with Gasteiger partial charge in [0, 0.05) is 12.6 Å². The molecule has 0 bridgehead atoms. The van der Waals surface area contributed by atoms with Crippen molar-refractivity contribution < 1.29 is 17.2 Å². The molecule has 9 heteroatoms. The number of hydrogen-bond acceptors (Lipinski definition) is 5. The third kappa shape index (κ3) is 3.59. The Hall–Kier alpha value is -1.48. The molecule has 0 unspecified atom stereocenters. The first-order chi connectivity index (χ1) is 7.29. The molecule has 1 aromatic rings. The summed E-state index contributed by atoms with van der Waals surface area (Å²) < 4.78 is 46.9. The Morgan fingerprint density at radius 1 is 1.38 bits per heavy atom. The number of pyridine rings is 1. The summed E-state index contributed by atoms with van der Waals surface area (Å²) in [4.78, 5) is 3.37. The number of hydrogen-bond donors (Lipinski definition) is 3. The van der Waals surface area contributed by atoms with Gasteiger partial charge >= 0.3 is 0 Å². The molecule has 16 heavy (non-hydrogen) atoms. The number of nitrogen functional groups attached to an aromatic ring is 1. The number of anilines is 2. The molecule has 0 saturated heterocycles. The molecule has 1 heterocycles. The van der Waals surface area contributed by atoms with E-state index in [-0.39, 0.29) is 12.4 Å². The van der Waals surface area contributed by atoms with Gasteiger partial charge in [-0.1, -0.05) is 0 Å². The zero-order valence-electron chi connectivity index (χ0n) is 8.07. The third-order valence-corrected chi connectivity index (χ3v) is 2.41. The first kappa shape index (κ1) is 12.6. The second kappa shape index (κ2) is 4.58. The van der Waals surface area contributed by atoms with Crippen molar-refractivity contribution in [3.8, 4) is 0 Å². The summed E-state index contributed by atoms with van der Waals surface area (Å²) in [5.41, 5.74) is 5.11. The van der Waals surface area contributed by atoms with Gasteiger partial charge in [-0.25, -0.2) is 27.3 Å². The van der Waals surface area contributed by atoms with Crippen LogP contribution in [0.15, 0.2) is 6.07 Å². The normalized spacial score (nSPS) is 11.4. The predicted octanol–water partition coefficient (Wildman–Crippen LogP) is -0.358. The van der Waals surface area contributed by atoms with Crippen LogP contribution >= 0.6 is 0 Å². The molecular weight excluding hydrogens is 242 g/mol. The van der Waals surface area contributed by atoms with E-state index in [0.29, 0.717) is 6.07 Å². The summed E-state index contributed by atoms with van der Waals surface area (Å²) in [6, 6.07) is 0.557. The Balaban J connectivity index is 2.71. The van der Waals surface area contributed by atoms with E-state index in [9.17, 15) is 17.2 Å². The molecule has 0 aliphatic rings. The van der Waals surface area contributed by atoms with Gasteiger partial charge in [0.15, 0.2) is 23.3 Å². The van der Waals surface area contributed by atoms with Gasteiger partial charge in [-0.3, -0.25) is 0 Å². The summed E-state index contributed by atoms with van der Waals surface area (Å²) in [6.45, 7) is -0.145. The fourth-order valence-corrected chi connectivity index (χ4v) is 1.30. The van der Waals surface area contributed by atoms with Crippen LogP contribution in [0.5, 0.6) is 0 Å². The maximum Gasteiger partial charge on any atom is 0.210 e. The smallest absolute Gasteiger partial charge is 0.210 e. The molecule has 0 saturated carbocycles. The average Bonchev–Trinajstić information content (AvgIpc) is 2.11. The highest BCUT2D eigenvalue weighted by molar-refractivity contribution is 7.89. The molecule has 5 N–H and O–H groups in total. The van der Waals surface area contributed by atoms with Crippen molar-refractivity contribution in [2.45, 2.75) is 0 Å². The SMILES string of the molecule is Nc1nc(NCCS(N)(=O)=O)c(F)cc1F. The van der Waals surface area contributed by atoms with Crippen LogP contribution in [0.3, 0.4) is 0 Å². The molecule has 0 aliphatic heterocycles. The van der Waals surface area contributed by atoms with Gasteiger partial charge in [0.1, 0.15) is 0 Å². The summed E-state index contributed by atoms with van der Waals surface area (Å²) in [5, 5.41) is 7.07. The Kier molecular flexibility index (Phi) is 3.60. The highest BCUT2D eigenvalue weighted by Crippen LogP contribution is 2.15. The molecule has 0 spiro atoms. The summed E-state index contributed by atoms with van der Waals surface area (Å²) in [7, 11) is -3.64. The van der Waals surface area contributed by atoms with Gasteiger partial charge in [-0.15, -0.1) is 0 Å². The van der Waals surface area contributed by atoms with Crippen LogP contribution in [0.4, 0.5) is 20.4 Å². The Morgan fingerprint density at radius 2 is 2.00 bits per heavy atom. The van der Waals surface area contributed by atoms with Crippen LogP contribution in [0, 0.1) is 11.6 Å². The summed E-state index contributed by atoms with van der Waals surface area (Å²) in [5.74, 6) is -3.12. The number of halogens is 2. The van der Waals surface area contributed by atoms with E-state index < -0.39 is 33.2 Å². The molecule has 1 aromatic heterocycles. The summed E-state index contributed by atoms with van der Waals surface area (Å²) in [6.07, 6.45) is 0. The van der Waals surface area contributed by atoms with Gasteiger partial charge in [-0.2, -0.15) is 0 Å². The van der Waals surface area contributed by atoms with Gasteiger partial charge in [0.2, 0.25) is 10.0 Å². The number of primary sulfonamides is 1. The van der Waals surface area contributed by atoms with E-state index >= 15 is 0 Å². The van der Waals surface area contributed by atoms with Crippen molar-refractivity contribution >= 4 is 21.7 Å². The minimum absolute atomic E-state index is 0.145. The van der Waals surface area contributed by atoms with Gasteiger partial charge in [0.25, 0.3) is 0 Å². The Labute approximate surface area is 90.7 Å². The monoisotopic (exact) mass is 252 g/mol. The first-order valence-corrected chi connectivity index (χ1v) is 5.87. The Bertz CT molecular complexity index is 491. The lowest BCUT2D eigenvalue weighted by Crippen LogP contribution is -2.23. The maximum atomic E-state index is 13.0. The molecule has 0 atom stereocenters. The molecule has 0 aromatic carbocycles. The van der Waals surface area contributed by atoms with E-state index in [1.165, 1.54) is 0 Å².